The Morgan fingerprint density at radius 1 is 1.29 bits per heavy atom. The van der Waals surface area contributed by atoms with Gasteiger partial charge in [0.15, 0.2) is 0 Å². The van der Waals surface area contributed by atoms with Gasteiger partial charge in [-0.05, 0) is 38.4 Å². The third kappa shape index (κ3) is 4.83. The molecule has 2 aromatic rings. The van der Waals surface area contributed by atoms with E-state index in [1.54, 1.807) is 6.07 Å². The van der Waals surface area contributed by atoms with Gasteiger partial charge < -0.3 is 19.7 Å². The first-order valence-electron chi connectivity index (χ1n) is 9.01. The molecule has 1 atom stereocenters. The van der Waals surface area contributed by atoms with Gasteiger partial charge in [0.05, 0.1) is 5.92 Å². The van der Waals surface area contributed by atoms with E-state index in [0.717, 1.165) is 24.0 Å². The highest BCUT2D eigenvalue weighted by molar-refractivity contribution is 5.98. The predicted molar refractivity (Wildman–Crippen MR) is 99.9 cm³/mol. The molecule has 9 heteroatoms. The summed E-state index contributed by atoms with van der Waals surface area (Å²) < 4.78 is 39.6. The van der Waals surface area contributed by atoms with Crippen LogP contribution >= 0.6 is 0 Å². The van der Waals surface area contributed by atoms with Gasteiger partial charge in [0.25, 0.3) is 0 Å². The van der Waals surface area contributed by atoms with E-state index < -0.39 is 30.5 Å². The quantitative estimate of drug-likeness (QED) is 0.817. The highest BCUT2D eigenvalue weighted by Crippen LogP contribution is 2.26. The van der Waals surface area contributed by atoms with E-state index in [1.165, 1.54) is 0 Å². The van der Waals surface area contributed by atoms with Crippen LogP contribution in [0.15, 0.2) is 30.5 Å². The minimum Gasteiger partial charge on any atom is -0.346 e. The lowest BCUT2D eigenvalue weighted by atomic mass is 10.1. The SMILES string of the molecule is CN(C)CCn1ccc2cc(NC(=O)C3CC(=O)N(CC(F)(F)F)C3)ccc21. The lowest BCUT2D eigenvalue weighted by Crippen LogP contribution is -2.36. The summed E-state index contributed by atoms with van der Waals surface area (Å²) in [6.07, 6.45) is -2.69. The Labute approximate surface area is 160 Å². The van der Waals surface area contributed by atoms with Crippen molar-refractivity contribution < 1.29 is 22.8 Å². The summed E-state index contributed by atoms with van der Waals surface area (Å²) in [7, 11) is 4.01. The van der Waals surface area contributed by atoms with E-state index in [-0.39, 0.29) is 13.0 Å². The van der Waals surface area contributed by atoms with E-state index in [2.05, 4.69) is 14.8 Å². The summed E-state index contributed by atoms with van der Waals surface area (Å²) in [6.45, 7) is 0.198. The van der Waals surface area contributed by atoms with Crippen LogP contribution in [0.2, 0.25) is 0 Å². The van der Waals surface area contributed by atoms with E-state index >= 15 is 0 Å². The van der Waals surface area contributed by atoms with Crippen LogP contribution in [0.5, 0.6) is 0 Å². The van der Waals surface area contributed by atoms with Gasteiger partial charge >= 0.3 is 6.18 Å². The molecule has 1 saturated heterocycles. The number of hydrogen-bond donors (Lipinski definition) is 1. The van der Waals surface area contributed by atoms with Gasteiger partial charge in [-0.3, -0.25) is 9.59 Å². The van der Waals surface area contributed by atoms with Crippen LogP contribution in [0.3, 0.4) is 0 Å². The Balaban J connectivity index is 1.64. The second-order valence-electron chi connectivity index (χ2n) is 7.37. The molecule has 0 saturated carbocycles. The van der Waals surface area contributed by atoms with Crippen molar-refractivity contribution in [2.24, 2.45) is 5.92 Å². The molecule has 152 valence electrons. The van der Waals surface area contributed by atoms with Gasteiger partial charge in [0.2, 0.25) is 11.8 Å². The average molecular weight is 396 g/mol. The zero-order valence-electron chi connectivity index (χ0n) is 15.8. The Morgan fingerprint density at radius 2 is 2.04 bits per heavy atom. The van der Waals surface area contributed by atoms with Crippen molar-refractivity contribution in [3.63, 3.8) is 0 Å². The second-order valence-corrected chi connectivity index (χ2v) is 7.37. The largest absolute Gasteiger partial charge is 0.406 e. The molecule has 2 heterocycles. The fraction of sp³-hybridized carbons (Fsp3) is 0.474. The molecule has 3 rings (SSSR count). The number of anilines is 1. The van der Waals surface area contributed by atoms with E-state index in [4.69, 9.17) is 0 Å². The van der Waals surface area contributed by atoms with Gasteiger partial charge in [0.1, 0.15) is 6.54 Å². The molecule has 1 N–H and O–H groups in total. The van der Waals surface area contributed by atoms with Crippen molar-refractivity contribution in [1.29, 1.82) is 0 Å². The standard InChI is InChI=1S/C19H23F3N4O2/c1-24(2)7-8-25-6-5-13-9-15(3-4-16(13)25)23-18(28)14-10-17(27)26(11-14)12-19(20,21)22/h3-6,9,14H,7-8,10-12H2,1-2H3,(H,23,28). The number of fused-ring (bicyclic) bond motifs is 1. The number of likely N-dealkylation sites (tertiary alicyclic amines) is 1. The molecular formula is C19H23F3N4O2. The van der Waals surface area contributed by atoms with Gasteiger partial charge in [-0.1, -0.05) is 0 Å². The number of alkyl halides is 3. The molecule has 1 fully saturated rings. The number of benzene rings is 1. The predicted octanol–water partition coefficient (Wildman–Crippen LogP) is 2.55. The van der Waals surface area contributed by atoms with Crippen LogP contribution in [0.1, 0.15) is 6.42 Å². The van der Waals surface area contributed by atoms with Crippen molar-refractivity contribution >= 4 is 28.4 Å². The number of hydrogen-bond acceptors (Lipinski definition) is 3. The minimum absolute atomic E-state index is 0.203. The number of amides is 2. The fourth-order valence-electron chi connectivity index (χ4n) is 3.34. The molecule has 0 aliphatic carbocycles. The number of aromatic nitrogens is 1. The maximum Gasteiger partial charge on any atom is 0.406 e. The first-order chi connectivity index (χ1) is 13.1. The number of rotatable bonds is 6. The fourth-order valence-corrected chi connectivity index (χ4v) is 3.34. The molecule has 0 spiro atoms. The summed E-state index contributed by atoms with van der Waals surface area (Å²) in [5.74, 6) is -1.87. The zero-order chi connectivity index (χ0) is 20.5. The van der Waals surface area contributed by atoms with Gasteiger partial charge in [0, 0.05) is 48.8 Å². The molecule has 1 aliphatic heterocycles. The number of likely N-dealkylation sites (N-methyl/N-ethyl adjacent to an activating group) is 1. The normalized spacial score (nSPS) is 17.7. The van der Waals surface area contributed by atoms with Crippen LogP contribution in [0, 0.1) is 5.92 Å². The van der Waals surface area contributed by atoms with Crippen LogP contribution in [-0.2, 0) is 16.1 Å². The van der Waals surface area contributed by atoms with Crippen molar-refractivity contribution in [1.82, 2.24) is 14.4 Å². The molecule has 0 radical (unpaired) electrons. The number of carbonyl (C=O) groups is 2. The third-order valence-corrected chi connectivity index (χ3v) is 4.78. The van der Waals surface area contributed by atoms with Gasteiger partial charge in [-0.25, -0.2) is 0 Å². The summed E-state index contributed by atoms with van der Waals surface area (Å²) in [4.78, 5) is 26.9. The maximum absolute atomic E-state index is 12.5. The Hall–Kier alpha value is -2.55. The van der Waals surface area contributed by atoms with Crippen LogP contribution in [0.25, 0.3) is 10.9 Å². The van der Waals surface area contributed by atoms with Crippen molar-refractivity contribution in [2.75, 3.05) is 39.0 Å². The number of nitrogens with zero attached hydrogens (tertiary/aromatic N) is 3. The molecule has 6 nitrogen and oxygen atoms in total. The van der Waals surface area contributed by atoms with Crippen molar-refractivity contribution in [3.8, 4) is 0 Å². The van der Waals surface area contributed by atoms with Crippen molar-refractivity contribution in [2.45, 2.75) is 19.1 Å². The molecule has 28 heavy (non-hydrogen) atoms. The summed E-state index contributed by atoms with van der Waals surface area (Å²) in [5, 5.41) is 3.68. The molecule has 1 aromatic carbocycles. The minimum atomic E-state index is -4.47. The molecule has 0 bridgehead atoms. The smallest absolute Gasteiger partial charge is 0.346 e. The first-order valence-corrected chi connectivity index (χ1v) is 9.01. The summed E-state index contributed by atoms with van der Waals surface area (Å²) in [5.41, 5.74) is 1.59. The molecule has 1 aromatic heterocycles. The van der Waals surface area contributed by atoms with Gasteiger partial charge in [-0.15, -0.1) is 0 Å². The molecule has 1 aliphatic rings. The zero-order valence-corrected chi connectivity index (χ0v) is 15.8. The lowest BCUT2D eigenvalue weighted by molar-refractivity contribution is -0.157. The highest BCUT2D eigenvalue weighted by Gasteiger charge is 2.40. The highest BCUT2D eigenvalue weighted by atomic mass is 19.4. The Kier molecular flexibility index (Phi) is 5.64. The van der Waals surface area contributed by atoms with E-state index in [9.17, 15) is 22.8 Å². The van der Waals surface area contributed by atoms with E-state index in [1.807, 2.05) is 38.5 Å². The monoisotopic (exact) mass is 396 g/mol. The van der Waals surface area contributed by atoms with Crippen molar-refractivity contribution in [3.05, 3.63) is 30.5 Å². The van der Waals surface area contributed by atoms with E-state index in [0.29, 0.717) is 10.6 Å². The maximum atomic E-state index is 12.5. The third-order valence-electron chi connectivity index (χ3n) is 4.78. The Bertz CT molecular complexity index is 876. The Morgan fingerprint density at radius 3 is 2.71 bits per heavy atom. The second kappa shape index (κ2) is 7.83. The van der Waals surface area contributed by atoms with Crippen LogP contribution < -0.4 is 5.32 Å². The summed E-state index contributed by atoms with van der Waals surface area (Å²) in [6, 6.07) is 7.43. The lowest BCUT2D eigenvalue weighted by Gasteiger charge is -2.18. The summed E-state index contributed by atoms with van der Waals surface area (Å²) >= 11 is 0. The van der Waals surface area contributed by atoms with Crippen LogP contribution in [0.4, 0.5) is 18.9 Å². The number of nitrogens with one attached hydrogen (secondary N) is 1. The number of carbonyl (C=O) groups excluding carboxylic acids is 2. The van der Waals surface area contributed by atoms with Crippen LogP contribution in [-0.4, -0.2) is 66.1 Å². The topological polar surface area (TPSA) is 57.6 Å². The molecular weight excluding hydrogens is 373 g/mol. The average Bonchev–Trinajstić information content (AvgIpc) is 3.15. The van der Waals surface area contributed by atoms with Gasteiger partial charge in [-0.2, -0.15) is 13.2 Å². The molecule has 2 amide bonds. The first kappa shape index (κ1) is 20.2. The number of halogens is 3. The molecule has 1 unspecified atom stereocenters.